The van der Waals surface area contributed by atoms with Gasteiger partial charge in [-0.3, -0.25) is 9.78 Å². The Balaban J connectivity index is 1.57. The van der Waals surface area contributed by atoms with Crippen molar-refractivity contribution < 1.29 is 14.3 Å². The van der Waals surface area contributed by atoms with Crippen LogP contribution in [-0.4, -0.2) is 30.1 Å². The SMILES string of the molecule is O=C(NCC1COc2ccccc2O1)c1ccncc1. The molecule has 1 aliphatic rings. The van der Waals surface area contributed by atoms with Crippen LogP contribution in [0.5, 0.6) is 11.5 Å². The van der Waals surface area contributed by atoms with E-state index in [0.717, 1.165) is 5.75 Å². The normalized spacial score (nSPS) is 16.5. The lowest BCUT2D eigenvalue weighted by molar-refractivity contribution is 0.0789. The van der Waals surface area contributed by atoms with E-state index < -0.39 is 0 Å². The van der Waals surface area contributed by atoms with Gasteiger partial charge >= 0.3 is 0 Å². The van der Waals surface area contributed by atoms with E-state index >= 15 is 0 Å². The maximum atomic E-state index is 11.9. The van der Waals surface area contributed by atoms with Crippen molar-refractivity contribution in [3.8, 4) is 11.5 Å². The second kappa shape index (κ2) is 5.61. The molecule has 1 aromatic heterocycles. The van der Waals surface area contributed by atoms with Gasteiger partial charge in [0.05, 0.1) is 6.54 Å². The predicted octanol–water partition coefficient (Wildman–Crippen LogP) is 1.65. The van der Waals surface area contributed by atoms with Gasteiger partial charge in [-0.05, 0) is 24.3 Å². The van der Waals surface area contributed by atoms with Crippen LogP contribution in [0.25, 0.3) is 0 Å². The number of para-hydroxylation sites is 2. The first-order valence-electron chi connectivity index (χ1n) is 6.39. The largest absolute Gasteiger partial charge is 0.486 e. The molecule has 20 heavy (non-hydrogen) atoms. The molecular weight excluding hydrogens is 256 g/mol. The fraction of sp³-hybridized carbons (Fsp3) is 0.200. The predicted molar refractivity (Wildman–Crippen MR) is 72.9 cm³/mol. The van der Waals surface area contributed by atoms with Crippen LogP contribution in [0.1, 0.15) is 10.4 Å². The first-order chi connectivity index (χ1) is 9.83. The summed E-state index contributed by atoms with van der Waals surface area (Å²) in [6.45, 7) is 0.823. The molecule has 5 nitrogen and oxygen atoms in total. The van der Waals surface area contributed by atoms with Gasteiger partial charge in [-0.1, -0.05) is 12.1 Å². The van der Waals surface area contributed by atoms with Crippen LogP contribution in [0.2, 0.25) is 0 Å². The highest BCUT2D eigenvalue weighted by molar-refractivity contribution is 5.93. The number of nitrogens with one attached hydrogen (secondary N) is 1. The number of nitrogens with zero attached hydrogens (tertiary/aromatic N) is 1. The van der Waals surface area contributed by atoms with Gasteiger partial charge in [0.2, 0.25) is 0 Å². The Morgan fingerprint density at radius 3 is 2.75 bits per heavy atom. The van der Waals surface area contributed by atoms with Crippen molar-refractivity contribution in [2.45, 2.75) is 6.10 Å². The molecule has 2 heterocycles. The zero-order valence-electron chi connectivity index (χ0n) is 10.8. The number of benzene rings is 1. The third-order valence-electron chi connectivity index (χ3n) is 3.00. The molecule has 0 saturated carbocycles. The Hall–Kier alpha value is -2.56. The summed E-state index contributed by atoms with van der Waals surface area (Å²) in [6, 6.07) is 10.8. The van der Waals surface area contributed by atoms with Gasteiger partial charge in [-0.15, -0.1) is 0 Å². The van der Waals surface area contributed by atoms with Gasteiger partial charge in [0.1, 0.15) is 12.7 Å². The number of carbonyl (C=O) groups excluding carboxylic acids is 1. The lowest BCUT2D eigenvalue weighted by Gasteiger charge is -2.26. The third-order valence-corrected chi connectivity index (χ3v) is 3.00. The molecule has 5 heteroatoms. The van der Waals surface area contributed by atoms with E-state index in [2.05, 4.69) is 10.3 Å². The Bertz CT molecular complexity index is 601. The quantitative estimate of drug-likeness (QED) is 0.921. The highest BCUT2D eigenvalue weighted by Gasteiger charge is 2.21. The number of ether oxygens (including phenoxy) is 2. The van der Waals surface area contributed by atoms with Crippen LogP contribution in [-0.2, 0) is 0 Å². The van der Waals surface area contributed by atoms with Gasteiger partial charge < -0.3 is 14.8 Å². The molecule has 1 atom stereocenters. The lowest BCUT2D eigenvalue weighted by atomic mass is 10.2. The van der Waals surface area contributed by atoms with Crippen LogP contribution in [0, 0.1) is 0 Å². The zero-order valence-corrected chi connectivity index (χ0v) is 10.8. The van der Waals surface area contributed by atoms with E-state index in [4.69, 9.17) is 9.47 Å². The average molecular weight is 270 g/mol. The molecule has 2 aromatic rings. The van der Waals surface area contributed by atoms with Gasteiger partial charge in [-0.25, -0.2) is 0 Å². The smallest absolute Gasteiger partial charge is 0.251 e. The molecule has 1 aromatic carbocycles. The van der Waals surface area contributed by atoms with Gasteiger partial charge in [-0.2, -0.15) is 0 Å². The summed E-state index contributed by atoms with van der Waals surface area (Å²) in [6.07, 6.45) is 2.99. The molecule has 1 aliphatic heterocycles. The summed E-state index contributed by atoms with van der Waals surface area (Å²) in [5, 5.41) is 2.83. The zero-order chi connectivity index (χ0) is 13.8. The van der Waals surface area contributed by atoms with E-state index in [1.54, 1.807) is 24.5 Å². The minimum Gasteiger partial charge on any atom is -0.486 e. The van der Waals surface area contributed by atoms with Crippen molar-refractivity contribution in [2.75, 3.05) is 13.2 Å². The first-order valence-corrected chi connectivity index (χ1v) is 6.39. The number of pyridine rings is 1. The Morgan fingerprint density at radius 1 is 1.20 bits per heavy atom. The lowest BCUT2D eigenvalue weighted by Crippen LogP contribution is -2.40. The third kappa shape index (κ3) is 2.71. The number of fused-ring (bicyclic) bond motifs is 1. The first kappa shape index (κ1) is 12.5. The molecule has 1 amide bonds. The van der Waals surface area contributed by atoms with E-state index in [9.17, 15) is 4.79 Å². The molecule has 0 spiro atoms. The second-order valence-electron chi connectivity index (χ2n) is 4.44. The number of carbonyl (C=O) groups is 1. The summed E-state index contributed by atoms with van der Waals surface area (Å²) in [4.78, 5) is 15.8. The van der Waals surface area contributed by atoms with Crippen LogP contribution in [0.4, 0.5) is 0 Å². The fourth-order valence-corrected chi connectivity index (χ4v) is 1.98. The van der Waals surface area contributed by atoms with Gasteiger partial charge in [0.15, 0.2) is 11.5 Å². The summed E-state index contributed by atoms with van der Waals surface area (Å²) in [5.41, 5.74) is 0.581. The maximum Gasteiger partial charge on any atom is 0.251 e. The van der Waals surface area contributed by atoms with Crippen molar-refractivity contribution in [3.05, 3.63) is 54.4 Å². The number of amides is 1. The van der Waals surface area contributed by atoms with Crippen molar-refractivity contribution in [1.82, 2.24) is 10.3 Å². The van der Waals surface area contributed by atoms with Crippen LogP contribution in [0.15, 0.2) is 48.8 Å². The number of rotatable bonds is 3. The second-order valence-corrected chi connectivity index (χ2v) is 4.44. The fourth-order valence-electron chi connectivity index (χ4n) is 1.98. The molecule has 3 rings (SSSR count). The van der Waals surface area contributed by atoms with Crippen LogP contribution >= 0.6 is 0 Å². The summed E-state index contributed by atoms with van der Waals surface area (Å²) < 4.78 is 11.4. The molecule has 1 unspecified atom stereocenters. The number of hydrogen-bond acceptors (Lipinski definition) is 4. The topological polar surface area (TPSA) is 60.5 Å². The van der Waals surface area contributed by atoms with E-state index in [0.29, 0.717) is 24.5 Å². The van der Waals surface area contributed by atoms with Crippen LogP contribution < -0.4 is 14.8 Å². The summed E-state index contributed by atoms with van der Waals surface area (Å²) >= 11 is 0. The molecule has 0 aliphatic carbocycles. The van der Waals surface area contributed by atoms with E-state index in [1.165, 1.54) is 0 Å². The molecule has 0 saturated heterocycles. The van der Waals surface area contributed by atoms with Gasteiger partial charge in [0, 0.05) is 18.0 Å². The maximum absolute atomic E-state index is 11.9. The molecule has 0 fully saturated rings. The van der Waals surface area contributed by atoms with Crippen molar-refractivity contribution in [3.63, 3.8) is 0 Å². The Morgan fingerprint density at radius 2 is 1.95 bits per heavy atom. The highest BCUT2D eigenvalue weighted by atomic mass is 16.6. The van der Waals surface area contributed by atoms with E-state index in [-0.39, 0.29) is 12.0 Å². The molecule has 0 bridgehead atoms. The molecular formula is C15H14N2O3. The van der Waals surface area contributed by atoms with E-state index in [1.807, 2.05) is 24.3 Å². The monoisotopic (exact) mass is 270 g/mol. The van der Waals surface area contributed by atoms with Gasteiger partial charge in [0.25, 0.3) is 5.91 Å². The van der Waals surface area contributed by atoms with Crippen molar-refractivity contribution in [1.29, 1.82) is 0 Å². The molecule has 102 valence electrons. The molecule has 1 N–H and O–H groups in total. The Kier molecular flexibility index (Phi) is 3.50. The average Bonchev–Trinajstić information content (AvgIpc) is 2.53. The minimum atomic E-state index is -0.185. The Labute approximate surface area is 116 Å². The molecule has 0 radical (unpaired) electrons. The van der Waals surface area contributed by atoms with Crippen molar-refractivity contribution in [2.24, 2.45) is 0 Å². The highest BCUT2D eigenvalue weighted by Crippen LogP contribution is 2.30. The minimum absolute atomic E-state index is 0.144. The summed E-state index contributed by atoms with van der Waals surface area (Å²) in [5.74, 6) is 1.31. The van der Waals surface area contributed by atoms with Crippen LogP contribution in [0.3, 0.4) is 0 Å². The van der Waals surface area contributed by atoms with Crippen molar-refractivity contribution >= 4 is 5.91 Å². The number of aromatic nitrogens is 1. The summed E-state index contributed by atoms with van der Waals surface area (Å²) in [7, 11) is 0. The number of hydrogen-bond donors (Lipinski definition) is 1. The standard InChI is InChI=1S/C15H14N2O3/c18-15(11-5-7-16-8-6-11)17-9-12-10-19-13-3-1-2-4-14(13)20-12/h1-8,12H,9-10H2,(H,17,18).